The molecule has 0 aliphatic carbocycles. The van der Waals surface area contributed by atoms with E-state index in [-0.39, 0.29) is 6.23 Å². The Labute approximate surface area is 89.0 Å². The molecule has 0 aromatic carbocycles. The maximum Gasteiger partial charge on any atom is 0.163 e. The molecule has 0 aromatic heterocycles. The first-order chi connectivity index (χ1) is 7.24. The number of nitrogens with zero attached hydrogens (tertiary/aromatic N) is 1. The van der Waals surface area contributed by atoms with Gasteiger partial charge in [-0.2, -0.15) is 0 Å². The number of hydrogen-bond acceptors (Lipinski definition) is 4. The van der Waals surface area contributed by atoms with E-state index < -0.39 is 5.41 Å². The van der Waals surface area contributed by atoms with Crippen molar-refractivity contribution in [1.29, 1.82) is 0 Å². The maximum atomic E-state index is 11.0. The summed E-state index contributed by atoms with van der Waals surface area (Å²) in [5, 5.41) is 0. The predicted octanol–water partition coefficient (Wildman–Crippen LogP) is 0.821. The Bertz CT molecular complexity index is 296. The summed E-state index contributed by atoms with van der Waals surface area (Å²) in [5.74, 6) is 0.460. The Balaban J connectivity index is 1.91. The van der Waals surface area contributed by atoms with E-state index in [1.54, 1.807) is 12.3 Å². The molecule has 0 saturated carbocycles. The lowest BCUT2D eigenvalue weighted by Gasteiger charge is -2.32. The highest BCUT2D eigenvalue weighted by Crippen LogP contribution is 2.27. The summed E-state index contributed by atoms with van der Waals surface area (Å²) < 4.78 is 10.7. The second-order valence-corrected chi connectivity index (χ2v) is 4.23. The van der Waals surface area contributed by atoms with Crippen LogP contribution in [0.25, 0.3) is 0 Å². The van der Waals surface area contributed by atoms with Crippen LogP contribution in [0.15, 0.2) is 17.1 Å². The van der Waals surface area contributed by atoms with Crippen LogP contribution in [-0.4, -0.2) is 38.5 Å². The molecule has 0 bridgehead atoms. The van der Waals surface area contributed by atoms with Crippen LogP contribution in [0, 0.1) is 11.3 Å². The molecule has 2 heterocycles. The lowest BCUT2D eigenvalue weighted by atomic mass is 9.88. The SMILES string of the molecule is CC1(C=O)C=CC=NC1OCC1COC1. The fourth-order valence-electron chi connectivity index (χ4n) is 1.55. The molecule has 0 N–H and O–H groups in total. The maximum absolute atomic E-state index is 11.0. The van der Waals surface area contributed by atoms with Gasteiger partial charge in [0.1, 0.15) is 6.29 Å². The van der Waals surface area contributed by atoms with Gasteiger partial charge in [0, 0.05) is 12.1 Å². The summed E-state index contributed by atoms with van der Waals surface area (Å²) in [6, 6.07) is 0. The summed E-state index contributed by atoms with van der Waals surface area (Å²) in [7, 11) is 0. The van der Waals surface area contributed by atoms with Gasteiger partial charge in [-0.15, -0.1) is 0 Å². The van der Waals surface area contributed by atoms with E-state index in [2.05, 4.69) is 4.99 Å². The lowest BCUT2D eigenvalue weighted by Crippen LogP contribution is -2.39. The zero-order valence-corrected chi connectivity index (χ0v) is 8.76. The average Bonchev–Trinajstić information content (AvgIpc) is 2.19. The molecular formula is C11H15NO3. The van der Waals surface area contributed by atoms with E-state index in [1.807, 2.05) is 13.0 Å². The van der Waals surface area contributed by atoms with Gasteiger partial charge in [0.25, 0.3) is 0 Å². The number of carbonyl (C=O) groups is 1. The molecule has 0 spiro atoms. The molecule has 15 heavy (non-hydrogen) atoms. The van der Waals surface area contributed by atoms with Crippen LogP contribution in [0.2, 0.25) is 0 Å². The topological polar surface area (TPSA) is 47.9 Å². The zero-order valence-electron chi connectivity index (χ0n) is 8.76. The quantitative estimate of drug-likeness (QED) is 0.644. The standard InChI is InChI=1S/C11H15NO3/c1-11(8-13)3-2-4-12-10(11)15-7-9-5-14-6-9/h2-4,8-10H,5-7H2,1H3. The van der Waals surface area contributed by atoms with Crippen LogP contribution in [0.4, 0.5) is 0 Å². The Kier molecular flexibility index (Phi) is 2.98. The number of rotatable bonds is 4. The summed E-state index contributed by atoms with van der Waals surface area (Å²) in [5.41, 5.74) is -0.626. The number of dihydropyridines is 1. The minimum Gasteiger partial charge on any atom is -0.381 e. The average molecular weight is 209 g/mol. The largest absolute Gasteiger partial charge is 0.381 e. The van der Waals surface area contributed by atoms with Crippen molar-refractivity contribution in [3.63, 3.8) is 0 Å². The van der Waals surface area contributed by atoms with Crippen LogP contribution in [-0.2, 0) is 14.3 Å². The van der Waals surface area contributed by atoms with Crippen molar-refractivity contribution in [2.45, 2.75) is 13.2 Å². The number of hydrogen-bond donors (Lipinski definition) is 0. The lowest BCUT2D eigenvalue weighted by molar-refractivity contribution is -0.127. The third kappa shape index (κ3) is 2.16. The van der Waals surface area contributed by atoms with E-state index in [9.17, 15) is 4.79 Å². The van der Waals surface area contributed by atoms with Gasteiger partial charge in [0.05, 0.1) is 25.2 Å². The number of ether oxygens (including phenoxy) is 2. The van der Waals surface area contributed by atoms with Gasteiger partial charge in [-0.05, 0) is 13.0 Å². The van der Waals surface area contributed by atoms with E-state index in [4.69, 9.17) is 9.47 Å². The molecule has 2 aliphatic heterocycles. The molecule has 4 nitrogen and oxygen atoms in total. The van der Waals surface area contributed by atoms with Crippen molar-refractivity contribution in [2.24, 2.45) is 16.3 Å². The van der Waals surface area contributed by atoms with Gasteiger partial charge >= 0.3 is 0 Å². The molecule has 2 atom stereocenters. The van der Waals surface area contributed by atoms with E-state index in [0.717, 1.165) is 19.5 Å². The first-order valence-corrected chi connectivity index (χ1v) is 5.11. The van der Waals surface area contributed by atoms with Gasteiger partial charge in [-0.25, -0.2) is 0 Å². The molecule has 82 valence electrons. The Morgan fingerprint density at radius 1 is 1.67 bits per heavy atom. The van der Waals surface area contributed by atoms with Gasteiger partial charge in [0.2, 0.25) is 0 Å². The van der Waals surface area contributed by atoms with Crippen LogP contribution in [0.5, 0.6) is 0 Å². The first-order valence-electron chi connectivity index (χ1n) is 5.11. The summed E-state index contributed by atoms with van der Waals surface area (Å²) in [6.45, 7) is 3.95. The van der Waals surface area contributed by atoms with Gasteiger partial charge < -0.3 is 14.3 Å². The molecule has 0 amide bonds. The summed E-state index contributed by atoms with van der Waals surface area (Å²) in [4.78, 5) is 15.2. The molecule has 1 fully saturated rings. The predicted molar refractivity (Wildman–Crippen MR) is 55.9 cm³/mol. The third-order valence-corrected chi connectivity index (χ3v) is 2.75. The number of carbonyl (C=O) groups excluding carboxylic acids is 1. The fourth-order valence-corrected chi connectivity index (χ4v) is 1.55. The van der Waals surface area contributed by atoms with Crippen LogP contribution in [0.3, 0.4) is 0 Å². The van der Waals surface area contributed by atoms with Crippen LogP contribution < -0.4 is 0 Å². The second-order valence-electron chi connectivity index (χ2n) is 4.23. The minimum absolute atomic E-state index is 0.388. The number of aliphatic imine (C=N–C) groups is 1. The number of aldehydes is 1. The van der Waals surface area contributed by atoms with Crippen molar-refractivity contribution in [3.05, 3.63) is 12.2 Å². The van der Waals surface area contributed by atoms with Gasteiger partial charge in [-0.1, -0.05) is 6.08 Å². The van der Waals surface area contributed by atoms with E-state index in [0.29, 0.717) is 12.5 Å². The third-order valence-electron chi connectivity index (χ3n) is 2.75. The number of allylic oxidation sites excluding steroid dienone is 1. The Hall–Kier alpha value is -1.00. The Morgan fingerprint density at radius 3 is 3.07 bits per heavy atom. The Morgan fingerprint density at radius 2 is 2.47 bits per heavy atom. The van der Waals surface area contributed by atoms with Gasteiger partial charge in [0.15, 0.2) is 6.23 Å². The highest BCUT2D eigenvalue weighted by molar-refractivity contribution is 5.76. The van der Waals surface area contributed by atoms with Gasteiger partial charge in [-0.3, -0.25) is 4.99 Å². The van der Waals surface area contributed by atoms with Crippen molar-refractivity contribution in [2.75, 3.05) is 19.8 Å². The summed E-state index contributed by atoms with van der Waals surface area (Å²) in [6.07, 6.45) is 5.78. The molecule has 0 radical (unpaired) electrons. The second kappa shape index (κ2) is 4.24. The molecule has 2 rings (SSSR count). The zero-order chi connectivity index (χ0) is 10.7. The molecule has 4 heteroatoms. The van der Waals surface area contributed by atoms with Crippen molar-refractivity contribution < 1.29 is 14.3 Å². The molecular weight excluding hydrogens is 194 g/mol. The fraction of sp³-hybridized carbons (Fsp3) is 0.636. The monoisotopic (exact) mass is 209 g/mol. The van der Waals surface area contributed by atoms with Crippen LogP contribution in [0.1, 0.15) is 6.92 Å². The molecule has 2 aliphatic rings. The van der Waals surface area contributed by atoms with E-state index in [1.165, 1.54) is 0 Å². The van der Waals surface area contributed by atoms with Crippen molar-refractivity contribution in [3.8, 4) is 0 Å². The molecule has 0 aromatic rings. The minimum atomic E-state index is -0.626. The highest BCUT2D eigenvalue weighted by Gasteiger charge is 2.34. The molecule has 1 saturated heterocycles. The van der Waals surface area contributed by atoms with Crippen LogP contribution >= 0.6 is 0 Å². The highest BCUT2D eigenvalue weighted by atomic mass is 16.5. The molecule has 2 unspecified atom stereocenters. The van der Waals surface area contributed by atoms with Crippen molar-refractivity contribution in [1.82, 2.24) is 0 Å². The smallest absolute Gasteiger partial charge is 0.163 e. The summed E-state index contributed by atoms with van der Waals surface area (Å²) >= 11 is 0. The van der Waals surface area contributed by atoms with E-state index >= 15 is 0 Å². The normalized spacial score (nSPS) is 35.1. The first kappa shape index (κ1) is 10.5. The van der Waals surface area contributed by atoms with Crippen molar-refractivity contribution >= 4 is 12.5 Å².